The average Bonchev–Trinajstić information content (AvgIpc) is 2.68. The zero-order valence-electron chi connectivity index (χ0n) is 15.3. The summed E-state index contributed by atoms with van der Waals surface area (Å²) in [5.74, 6) is 0.159. The van der Waals surface area contributed by atoms with Gasteiger partial charge in [0.05, 0.1) is 17.7 Å². The van der Waals surface area contributed by atoms with Gasteiger partial charge in [-0.3, -0.25) is 9.52 Å². The van der Waals surface area contributed by atoms with Gasteiger partial charge in [0, 0.05) is 15.6 Å². The molecule has 0 spiro atoms. The van der Waals surface area contributed by atoms with E-state index in [9.17, 15) is 13.2 Å². The molecule has 3 aromatic rings. The van der Waals surface area contributed by atoms with Crippen molar-refractivity contribution in [2.75, 3.05) is 11.8 Å². The molecule has 0 heterocycles. The molecule has 28 heavy (non-hydrogen) atoms. The number of sulfonamides is 1. The third-order valence-corrected chi connectivity index (χ3v) is 6.23. The minimum absolute atomic E-state index is 0.0429. The maximum Gasteiger partial charge on any atom is 0.262 e. The van der Waals surface area contributed by atoms with E-state index in [1.807, 2.05) is 0 Å². The number of aryl methyl sites for hydroxylation is 1. The highest BCUT2D eigenvalue weighted by molar-refractivity contribution is 9.10. The quantitative estimate of drug-likeness (QED) is 0.537. The molecule has 7 heteroatoms. The Morgan fingerprint density at radius 2 is 1.61 bits per heavy atom. The summed E-state index contributed by atoms with van der Waals surface area (Å²) >= 11 is 3.33. The normalized spacial score (nSPS) is 11.1. The second-order valence-electron chi connectivity index (χ2n) is 6.12. The highest BCUT2D eigenvalue weighted by atomic mass is 79.9. The van der Waals surface area contributed by atoms with Gasteiger partial charge in [0.25, 0.3) is 10.0 Å². The first-order valence-electron chi connectivity index (χ1n) is 8.38. The lowest BCUT2D eigenvalue weighted by molar-refractivity contribution is 0.103. The van der Waals surface area contributed by atoms with Crippen LogP contribution in [0.2, 0.25) is 0 Å². The maximum absolute atomic E-state index is 13.0. The minimum atomic E-state index is -3.91. The van der Waals surface area contributed by atoms with E-state index in [4.69, 9.17) is 4.74 Å². The SMILES string of the molecule is COc1ccccc1NS(=O)(=O)c1cc(C(=O)c2ccc(Br)cc2)ccc1C. The van der Waals surface area contributed by atoms with Crippen LogP contribution in [0, 0.1) is 6.92 Å². The number of ketones is 1. The number of ether oxygens (including phenoxy) is 1. The van der Waals surface area contributed by atoms with Crippen LogP contribution in [0.4, 0.5) is 5.69 Å². The van der Waals surface area contributed by atoms with E-state index in [2.05, 4.69) is 20.7 Å². The molecule has 5 nitrogen and oxygen atoms in total. The summed E-state index contributed by atoms with van der Waals surface area (Å²) in [5, 5.41) is 0. The fourth-order valence-electron chi connectivity index (χ4n) is 2.73. The van der Waals surface area contributed by atoms with E-state index < -0.39 is 10.0 Å². The molecule has 0 aliphatic rings. The van der Waals surface area contributed by atoms with E-state index in [1.165, 1.54) is 13.2 Å². The summed E-state index contributed by atoms with van der Waals surface area (Å²) < 4.78 is 34.5. The highest BCUT2D eigenvalue weighted by Crippen LogP contribution is 2.28. The Balaban J connectivity index is 1.98. The Morgan fingerprint density at radius 1 is 0.964 bits per heavy atom. The Hall–Kier alpha value is -2.64. The molecular formula is C21H18BrNO4S. The summed E-state index contributed by atoms with van der Waals surface area (Å²) in [5.41, 5.74) is 1.64. The number of rotatable bonds is 6. The lowest BCUT2D eigenvalue weighted by atomic mass is 10.0. The Labute approximate surface area is 172 Å². The summed E-state index contributed by atoms with van der Waals surface area (Å²) in [4.78, 5) is 12.8. The summed E-state index contributed by atoms with van der Waals surface area (Å²) in [7, 11) is -2.44. The molecule has 0 amide bonds. The topological polar surface area (TPSA) is 72.5 Å². The van der Waals surface area contributed by atoms with Crippen LogP contribution < -0.4 is 9.46 Å². The lowest BCUT2D eigenvalue weighted by Gasteiger charge is -2.14. The Morgan fingerprint density at radius 3 is 2.29 bits per heavy atom. The zero-order valence-corrected chi connectivity index (χ0v) is 17.7. The molecule has 0 saturated heterocycles. The monoisotopic (exact) mass is 459 g/mol. The molecule has 0 fully saturated rings. The Bertz CT molecular complexity index is 1130. The van der Waals surface area contributed by atoms with E-state index in [-0.39, 0.29) is 10.7 Å². The molecule has 0 aliphatic heterocycles. The fraction of sp³-hybridized carbons (Fsp3) is 0.0952. The van der Waals surface area contributed by atoms with Crippen molar-refractivity contribution in [1.82, 2.24) is 0 Å². The van der Waals surface area contributed by atoms with Gasteiger partial charge in [-0.25, -0.2) is 8.42 Å². The second kappa shape index (κ2) is 8.16. The van der Waals surface area contributed by atoms with Crippen molar-refractivity contribution in [1.29, 1.82) is 0 Å². The molecule has 3 aromatic carbocycles. The lowest BCUT2D eigenvalue weighted by Crippen LogP contribution is -2.16. The number of nitrogens with one attached hydrogen (secondary N) is 1. The van der Waals surface area contributed by atoms with Gasteiger partial charge in [-0.1, -0.05) is 40.2 Å². The molecule has 1 N–H and O–H groups in total. The average molecular weight is 460 g/mol. The molecular weight excluding hydrogens is 442 g/mol. The predicted molar refractivity (Wildman–Crippen MR) is 113 cm³/mol. The molecule has 0 aromatic heterocycles. The van der Waals surface area contributed by atoms with Gasteiger partial charge in [-0.15, -0.1) is 0 Å². The van der Waals surface area contributed by atoms with Gasteiger partial charge < -0.3 is 4.74 Å². The van der Waals surface area contributed by atoms with Gasteiger partial charge in [-0.05, 0) is 55.0 Å². The molecule has 0 aliphatic carbocycles. The fourth-order valence-corrected chi connectivity index (χ4v) is 4.33. The van der Waals surface area contributed by atoms with Crippen molar-refractivity contribution < 1.29 is 17.9 Å². The molecule has 0 atom stereocenters. The van der Waals surface area contributed by atoms with Gasteiger partial charge in [0.1, 0.15) is 5.75 Å². The maximum atomic E-state index is 13.0. The minimum Gasteiger partial charge on any atom is -0.495 e. The number of halogens is 1. The number of carbonyl (C=O) groups excluding carboxylic acids is 1. The van der Waals surface area contributed by atoms with Gasteiger partial charge in [0.15, 0.2) is 5.78 Å². The number of anilines is 1. The van der Waals surface area contributed by atoms with Crippen molar-refractivity contribution in [2.45, 2.75) is 11.8 Å². The van der Waals surface area contributed by atoms with E-state index in [1.54, 1.807) is 67.6 Å². The van der Waals surface area contributed by atoms with Crippen LogP contribution in [0.5, 0.6) is 5.75 Å². The summed E-state index contributed by atoms with van der Waals surface area (Å²) in [6.45, 7) is 1.69. The van der Waals surface area contributed by atoms with Crippen LogP contribution in [0.1, 0.15) is 21.5 Å². The first-order valence-corrected chi connectivity index (χ1v) is 10.7. The summed E-state index contributed by atoms with van der Waals surface area (Å²) in [6, 6.07) is 18.3. The van der Waals surface area contributed by atoms with Gasteiger partial charge in [-0.2, -0.15) is 0 Å². The standard InChI is InChI=1S/C21H18BrNO4S/c1-14-7-8-16(21(24)15-9-11-17(22)12-10-15)13-20(14)28(25,26)23-18-5-3-4-6-19(18)27-2/h3-13,23H,1-2H3. The van der Waals surface area contributed by atoms with Crippen molar-refractivity contribution in [3.63, 3.8) is 0 Å². The van der Waals surface area contributed by atoms with Gasteiger partial charge in [0.2, 0.25) is 0 Å². The number of benzene rings is 3. The zero-order chi connectivity index (χ0) is 20.3. The van der Waals surface area contributed by atoms with Crippen LogP contribution in [0.3, 0.4) is 0 Å². The number of carbonyl (C=O) groups is 1. The predicted octanol–water partition coefficient (Wildman–Crippen LogP) is 4.80. The number of hydrogen-bond acceptors (Lipinski definition) is 4. The number of para-hydroxylation sites is 2. The van der Waals surface area contributed by atoms with E-state index in [0.717, 1.165) is 4.47 Å². The first kappa shape index (κ1) is 20.1. The third kappa shape index (κ3) is 4.26. The van der Waals surface area contributed by atoms with Crippen LogP contribution in [0.25, 0.3) is 0 Å². The van der Waals surface area contributed by atoms with Crippen LogP contribution in [0.15, 0.2) is 76.1 Å². The molecule has 0 bridgehead atoms. The van der Waals surface area contributed by atoms with Crippen molar-refractivity contribution >= 4 is 37.4 Å². The van der Waals surface area contributed by atoms with Gasteiger partial charge >= 0.3 is 0 Å². The highest BCUT2D eigenvalue weighted by Gasteiger charge is 2.21. The van der Waals surface area contributed by atoms with E-state index >= 15 is 0 Å². The van der Waals surface area contributed by atoms with Crippen LogP contribution in [-0.4, -0.2) is 21.3 Å². The molecule has 3 rings (SSSR count). The third-order valence-electron chi connectivity index (χ3n) is 4.20. The number of methoxy groups -OCH3 is 1. The second-order valence-corrected chi connectivity index (χ2v) is 8.69. The van der Waals surface area contributed by atoms with Crippen molar-refractivity contribution in [3.8, 4) is 5.75 Å². The molecule has 0 saturated carbocycles. The first-order chi connectivity index (χ1) is 13.3. The smallest absolute Gasteiger partial charge is 0.262 e. The molecule has 0 unspecified atom stereocenters. The largest absolute Gasteiger partial charge is 0.495 e. The van der Waals surface area contributed by atoms with E-state index in [0.29, 0.717) is 28.1 Å². The van der Waals surface area contributed by atoms with Crippen molar-refractivity contribution in [3.05, 3.63) is 87.9 Å². The number of hydrogen-bond donors (Lipinski definition) is 1. The summed E-state index contributed by atoms with van der Waals surface area (Å²) in [6.07, 6.45) is 0. The van der Waals surface area contributed by atoms with Crippen LogP contribution >= 0.6 is 15.9 Å². The Kier molecular flexibility index (Phi) is 5.86. The van der Waals surface area contributed by atoms with Crippen molar-refractivity contribution in [2.24, 2.45) is 0 Å². The molecule has 0 radical (unpaired) electrons. The molecule has 144 valence electrons. The van der Waals surface area contributed by atoms with Crippen LogP contribution in [-0.2, 0) is 10.0 Å².